The van der Waals surface area contributed by atoms with Gasteiger partial charge in [0.05, 0.1) is 6.42 Å². The summed E-state index contributed by atoms with van der Waals surface area (Å²) in [7, 11) is 0. The molecule has 26 heavy (non-hydrogen) atoms. The van der Waals surface area contributed by atoms with Crippen molar-refractivity contribution >= 4 is 34.8 Å². The van der Waals surface area contributed by atoms with Crippen molar-refractivity contribution in [2.45, 2.75) is 26.4 Å². The Morgan fingerprint density at radius 2 is 1.77 bits per heavy atom. The minimum absolute atomic E-state index is 0.0710. The van der Waals surface area contributed by atoms with Gasteiger partial charge in [-0.2, -0.15) is 5.10 Å². The Kier molecular flexibility index (Phi) is 7.17. The van der Waals surface area contributed by atoms with Crippen LogP contribution in [0, 0.1) is 0 Å². The number of benzene rings is 2. The second kappa shape index (κ2) is 9.58. The smallest absolute Gasteiger partial charge is 0.280 e. The zero-order chi connectivity index (χ0) is 18.9. The number of halogens is 1. The molecule has 0 fully saturated rings. The minimum Gasteiger partial charge on any atom is -0.481 e. The first-order valence-corrected chi connectivity index (χ1v) is 8.42. The van der Waals surface area contributed by atoms with Gasteiger partial charge in [0.1, 0.15) is 5.75 Å². The molecule has 0 saturated heterocycles. The van der Waals surface area contributed by atoms with E-state index in [2.05, 4.69) is 15.8 Å². The van der Waals surface area contributed by atoms with E-state index >= 15 is 0 Å². The molecule has 0 aromatic heterocycles. The first-order valence-electron chi connectivity index (χ1n) is 8.04. The molecule has 7 heteroatoms. The molecule has 1 unspecified atom stereocenters. The summed E-state index contributed by atoms with van der Waals surface area (Å²) in [4.78, 5) is 24.0. The highest BCUT2D eigenvalue weighted by Crippen LogP contribution is 2.16. The van der Waals surface area contributed by atoms with Crippen LogP contribution in [-0.4, -0.2) is 23.6 Å². The van der Waals surface area contributed by atoms with Gasteiger partial charge in [0.2, 0.25) is 5.91 Å². The van der Waals surface area contributed by atoms with E-state index in [1.807, 2.05) is 18.2 Å². The lowest BCUT2D eigenvalue weighted by atomic mass is 10.2. The van der Waals surface area contributed by atoms with Gasteiger partial charge in [-0.15, -0.1) is 0 Å². The van der Waals surface area contributed by atoms with Gasteiger partial charge in [-0.3, -0.25) is 9.59 Å². The Bertz CT molecular complexity index is 776. The van der Waals surface area contributed by atoms with Crippen molar-refractivity contribution in [1.82, 2.24) is 5.43 Å². The number of hydrazone groups is 1. The number of anilines is 1. The van der Waals surface area contributed by atoms with Crippen LogP contribution >= 0.6 is 11.6 Å². The lowest BCUT2D eigenvalue weighted by Crippen LogP contribution is -2.34. The molecule has 0 radical (unpaired) electrons. The van der Waals surface area contributed by atoms with Crippen LogP contribution in [0.25, 0.3) is 0 Å². The largest absolute Gasteiger partial charge is 0.481 e. The lowest BCUT2D eigenvalue weighted by molar-refractivity contribution is -0.127. The van der Waals surface area contributed by atoms with Crippen LogP contribution in [0.15, 0.2) is 59.7 Å². The van der Waals surface area contributed by atoms with Crippen molar-refractivity contribution in [3.8, 4) is 5.75 Å². The zero-order valence-electron chi connectivity index (χ0n) is 14.5. The molecule has 0 aliphatic heterocycles. The fraction of sp³-hybridized carbons (Fsp3) is 0.211. The molecule has 0 aliphatic rings. The molecule has 0 spiro atoms. The summed E-state index contributed by atoms with van der Waals surface area (Å²) in [5.74, 6) is -0.0973. The number of nitrogens with zero attached hydrogens (tertiary/aromatic N) is 1. The van der Waals surface area contributed by atoms with Crippen molar-refractivity contribution in [1.29, 1.82) is 0 Å². The van der Waals surface area contributed by atoms with Crippen molar-refractivity contribution < 1.29 is 14.3 Å². The molecule has 2 aromatic rings. The highest BCUT2D eigenvalue weighted by atomic mass is 35.5. The highest BCUT2D eigenvalue weighted by Gasteiger charge is 2.14. The Balaban J connectivity index is 1.80. The zero-order valence-corrected chi connectivity index (χ0v) is 15.3. The van der Waals surface area contributed by atoms with Crippen LogP contribution < -0.4 is 15.5 Å². The average Bonchev–Trinajstić information content (AvgIpc) is 2.62. The fourth-order valence-electron chi connectivity index (χ4n) is 2.01. The van der Waals surface area contributed by atoms with Gasteiger partial charge >= 0.3 is 0 Å². The van der Waals surface area contributed by atoms with Gasteiger partial charge in [-0.1, -0.05) is 29.8 Å². The van der Waals surface area contributed by atoms with Crippen molar-refractivity contribution in [2.24, 2.45) is 5.10 Å². The third-order valence-corrected chi connectivity index (χ3v) is 3.58. The molecular weight excluding hydrogens is 354 g/mol. The Labute approximate surface area is 157 Å². The topological polar surface area (TPSA) is 79.8 Å². The van der Waals surface area contributed by atoms with E-state index < -0.39 is 12.0 Å². The fourth-order valence-corrected chi connectivity index (χ4v) is 2.14. The monoisotopic (exact) mass is 373 g/mol. The summed E-state index contributed by atoms with van der Waals surface area (Å²) in [5, 5.41) is 7.28. The number of rotatable bonds is 7. The molecule has 2 rings (SSSR count). The van der Waals surface area contributed by atoms with Gasteiger partial charge in [0.15, 0.2) is 6.10 Å². The second-order valence-corrected chi connectivity index (χ2v) is 6.06. The highest BCUT2D eigenvalue weighted by molar-refractivity contribution is 6.30. The molecule has 136 valence electrons. The standard InChI is InChI=1S/C19H20ClN3O3/c1-13(12-18(24)21-16-6-4-3-5-7-16)22-23-19(25)14(2)26-17-10-8-15(20)9-11-17/h3-11,14H,12H2,1-2H3,(H,21,24)(H,23,25). The molecule has 6 nitrogen and oxygen atoms in total. The average molecular weight is 374 g/mol. The molecular formula is C19H20ClN3O3. The van der Waals surface area contributed by atoms with E-state index in [0.717, 1.165) is 0 Å². The van der Waals surface area contributed by atoms with Crippen LogP contribution in [0.2, 0.25) is 5.02 Å². The van der Waals surface area contributed by atoms with Gasteiger partial charge in [-0.05, 0) is 50.2 Å². The first kappa shape index (κ1) is 19.5. The van der Waals surface area contributed by atoms with E-state index in [4.69, 9.17) is 16.3 Å². The van der Waals surface area contributed by atoms with Crippen LogP contribution in [0.4, 0.5) is 5.69 Å². The van der Waals surface area contributed by atoms with Crippen molar-refractivity contribution in [2.75, 3.05) is 5.32 Å². The van der Waals surface area contributed by atoms with Gasteiger partial charge < -0.3 is 10.1 Å². The van der Waals surface area contributed by atoms with Crippen LogP contribution in [0.1, 0.15) is 20.3 Å². The maximum atomic E-state index is 12.0. The summed E-state index contributed by atoms with van der Waals surface area (Å²) in [5.41, 5.74) is 3.59. The number of hydrogen-bond acceptors (Lipinski definition) is 4. The van der Waals surface area contributed by atoms with Crippen molar-refractivity contribution in [3.63, 3.8) is 0 Å². The lowest BCUT2D eigenvalue weighted by Gasteiger charge is -2.13. The minimum atomic E-state index is -0.745. The number of amides is 2. The molecule has 2 aromatic carbocycles. The summed E-state index contributed by atoms with van der Waals surface area (Å²) >= 11 is 5.80. The molecule has 0 saturated carbocycles. The number of hydrogen-bond donors (Lipinski definition) is 2. The second-order valence-electron chi connectivity index (χ2n) is 5.63. The summed E-state index contributed by atoms with van der Waals surface area (Å²) < 4.78 is 5.50. The van der Waals surface area contributed by atoms with Gasteiger partial charge in [0.25, 0.3) is 5.91 Å². The predicted molar refractivity (Wildman–Crippen MR) is 102 cm³/mol. The summed E-state index contributed by atoms with van der Waals surface area (Å²) in [6, 6.07) is 15.8. The van der Waals surface area contributed by atoms with Crippen LogP contribution in [-0.2, 0) is 9.59 Å². The summed E-state index contributed by atoms with van der Waals surface area (Å²) in [6.07, 6.45) is -0.674. The van der Waals surface area contributed by atoms with Crippen molar-refractivity contribution in [3.05, 3.63) is 59.6 Å². The maximum absolute atomic E-state index is 12.0. The normalized spacial score (nSPS) is 12.2. The van der Waals surface area contributed by atoms with Crippen LogP contribution in [0.5, 0.6) is 5.75 Å². The van der Waals surface area contributed by atoms with Crippen LogP contribution in [0.3, 0.4) is 0 Å². The van der Waals surface area contributed by atoms with E-state index in [0.29, 0.717) is 22.2 Å². The van der Waals surface area contributed by atoms with Gasteiger partial charge in [-0.25, -0.2) is 5.43 Å². The molecule has 2 amide bonds. The number of carbonyl (C=O) groups excluding carboxylic acids is 2. The number of ether oxygens (including phenoxy) is 1. The SMILES string of the molecule is CC(CC(=O)Nc1ccccc1)=NNC(=O)C(C)Oc1ccc(Cl)cc1. The molecule has 0 bridgehead atoms. The maximum Gasteiger partial charge on any atom is 0.280 e. The Hall–Kier alpha value is -2.86. The Morgan fingerprint density at radius 1 is 1.12 bits per heavy atom. The van der Waals surface area contributed by atoms with E-state index in [9.17, 15) is 9.59 Å². The third kappa shape index (κ3) is 6.57. The third-order valence-electron chi connectivity index (χ3n) is 3.33. The van der Waals surface area contributed by atoms with E-state index in [-0.39, 0.29) is 12.3 Å². The number of carbonyl (C=O) groups is 2. The number of para-hydroxylation sites is 1. The summed E-state index contributed by atoms with van der Waals surface area (Å²) in [6.45, 7) is 3.27. The molecule has 2 N–H and O–H groups in total. The number of nitrogens with one attached hydrogen (secondary N) is 2. The van der Waals surface area contributed by atoms with Gasteiger partial charge in [0, 0.05) is 16.4 Å². The Morgan fingerprint density at radius 3 is 2.42 bits per heavy atom. The molecule has 1 atom stereocenters. The van der Waals surface area contributed by atoms with E-state index in [1.54, 1.807) is 50.2 Å². The molecule has 0 heterocycles. The quantitative estimate of drug-likeness (QED) is 0.574. The van der Waals surface area contributed by atoms with E-state index in [1.165, 1.54) is 0 Å². The predicted octanol–water partition coefficient (Wildman–Crippen LogP) is 3.63. The molecule has 0 aliphatic carbocycles. The first-order chi connectivity index (χ1) is 12.4.